The highest BCUT2D eigenvalue weighted by Gasteiger charge is 2.17. The maximum atomic E-state index is 12.2. The van der Waals surface area contributed by atoms with Crippen LogP contribution < -0.4 is 5.43 Å². The van der Waals surface area contributed by atoms with E-state index in [1.165, 1.54) is 0 Å². The van der Waals surface area contributed by atoms with E-state index in [0.717, 1.165) is 19.3 Å². The summed E-state index contributed by atoms with van der Waals surface area (Å²) in [5, 5.41) is 9.67. The van der Waals surface area contributed by atoms with E-state index in [9.17, 15) is 14.7 Å². The summed E-state index contributed by atoms with van der Waals surface area (Å²) in [5.74, 6) is -1.15. The number of carboxylic acid groups (broad SMARTS) is 1. The van der Waals surface area contributed by atoms with Gasteiger partial charge in [-0.2, -0.15) is 0 Å². The summed E-state index contributed by atoms with van der Waals surface area (Å²) >= 11 is 0. The summed E-state index contributed by atoms with van der Waals surface area (Å²) in [6, 6.07) is 7.01. The molecule has 2 N–H and O–H groups in total. The Morgan fingerprint density at radius 2 is 2.00 bits per heavy atom. The first-order valence-electron chi connectivity index (χ1n) is 6.52. The van der Waals surface area contributed by atoms with Crippen LogP contribution in [0, 0.1) is 0 Å². The molecule has 0 unspecified atom stereocenters. The molecule has 0 radical (unpaired) electrons. The second kappa shape index (κ2) is 5.69. The van der Waals surface area contributed by atoms with Crippen LogP contribution in [0.25, 0.3) is 10.9 Å². The van der Waals surface area contributed by atoms with Gasteiger partial charge in [0.15, 0.2) is 0 Å². The molecule has 0 bridgehead atoms. The Bertz CT molecular complexity index is 658. The topological polar surface area (TPSA) is 70.2 Å². The van der Waals surface area contributed by atoms with Crippen molar-refractivity contribution < 1.29 is 9.90 Å². The molecular weight excluding hydrogens is 242 g/mol. The minimum atomic E-state index is -1.15. The van der Waals surface area contributed by atoms with Gasteiger partial charge in [0, 0.05) is 16.6 Å². The largest absolute Gasteiger partial charge is 0.477 e. The number of pyridine rings is 1. The predicted octanol–water partition coefficient (Wildman–Crippen LogP) is 2.96. The van der Waals surface area contributed by atoms with Gasteiger partial charge in [0.1, 0.15) is 5.56 Å². The van der Waals surface area contributed by atoms with Crippen molar-refractivity contribution in [3.05, 3.63) is 45.7 Å². The maximum absolute atomic E-state index is 12.2. The van der Waals surface area contributed by atoms with E-state index < -0.39 is 11.4 Å². The van der Waals surface area contributed by atoms with Gasteiger partial charge in [0.2, 0.25) is 5.43 Å². The van der Waals surface area contributed by atoms with Crippen molar-refractivity contribution in [2.24, 2.45) is 0 Å². The molecule has 1 heterocycles. The number of para-hydroxylation sites is 1. The van der Waals surface area contributed by atoms with Crippen molar-refractivity contribution in [1.82, 2.24) is 4.98 Å². The van der Waals surface area contributed by atoms with Gasteiger partial charge in [0.05, 0.1) is 0 Å². The van der Waals surface area contributed by atoms with Crippen LogP contribution in [0.15, 0.2) is 29.1 Å². The van der Waals surface area contributed by atoms with E-state index in [0.29, 0.717) is 23.0 Å². The SMILES string of the molecule is CCCCCc1[nH]c2ccccc2c(=O)c1C(=O)O. The van der Waals surface area contributed by atoms with Crippen molar-refractivity contribution in [1.29, 1.82) is 0 Å². The third-order valence-corrected chi connectivity index (χ3v) is 3.23. The number of benzene rings is 1. The summed E-state index contributed by atoms with van der Waals surface area (Å²) in [5.41, 5.74) is 0.719. The molecule has 0 aliphatic carbocycles. The average Bonchev–Trinajstić information content (AvgIpc) is 2.39. The Balaban J connectivity index is 2.57. The molecule has 19 heavy (non-hydrogen) atoms. The molecule has 0 aliphatic rings. The molecule has 0 amide bonds. The third kappa shape index (κ3) is 2.67. The number of fused-ring (bicyclic) bond motifs is 1. The summed E-state index contributed by atoms with van der Waals surface area (Å²) in [4.78, 5) is 26.6. The van der Waals surface area contributed by atoms with Gasteiger partial charge in [0.25, 0.3) is 0 Å². The van der Waals surface area contributed by atoms with Crippen LogP contribution in [0.5, 0.6) is 0 Å². The van der Waals surface area contributed by atoms with Gasteiger partial charge in [-0.1, -0.05) is 31.9 Å². The zero-order chi connectivity index (χ0) is 13.8. The van der Waals surface area contributed by atoms with Gasteiger partial charge in [-0.15, -0.1) is 0 Å². The molecule has 0 fully saturated rings. The summed E-state index contributed by atoms with van der Waals surface area (Å²) in [7, 11) is 0. The van der Waals surface area contributed by atoms with E-state index >= 15 is 0 Å². The lowest BCUT2D eigenvalue weighted by molar-refractivity contribution is 0.0694. The van der Waals surface area contributed by atoms with Crippen molar-refractivity contribution >= 4 is 16.9 Å². The molecule has 2 aromatic rings. The smallest absolute Gasteiger partial charge is 0.341 e. The number of rotatable bonds is 5. The van der Waals surface area contributed by atoms with Crippen LogP contribution in [0.4, 0.5) is 0 Å². The molecule has 1 aromatic heterocycles. The van der Waals surface area contributed by atoms with Gasteiger partial charge < -0.3 is 10.1 Å². The van der Waals surface area contributed by atoms with Crippen LogP contribution in [0.1, 0.15) is 42.2 Å². The quantitative estimate of drug-likeness (QED) is 0.811. The van der Waals surface area contributed by atoms with E-state index in [1.54, 1.807) is 18.2 Å². The van der Waals surface area contributed by atoms with Crippen LogP contribution >= 0.6 is 0 Å². The molecule has 4 nitrogen and oxygen atoms in total. The number of unbranched alkanes of at least 4 members (excludes halogenated alkanes) is 2. The number of aromatic nitrogens is 1. The zero-order valence-electron chi connectivity index (χ0n) is 10.9. The Morgan fingerprint density at radius 3 is 2.68 bits per heavy atom. The van der Waals surface area contributed by atoms with E-state index in [-0.39, 0.29) is 5.56 Å². The molecule has 100 valence electrons. The van der Waals surface area contributed by atoms with Gasteiger partial charge in [-0.25, -0.2) is 4.79 Å². The number of hydrogen-bond donors (Lipinski definition) is 2. The predicted molar refractivity (Wildman–Crippen MR) is 74.8 cm³/mol. The van der Waals surface area contributed by atoms with Gasteiger partial charge in [-0.05, 0) is 25.0 Å². The lowest BCUT2D eigenvalue weighted by Gasteiger charge is -2.08. The van der Waals surface area contributed by atoms with Crippen LogP contribution in [0.2, 0.25) is 0 Å². The van der Waals surface area contributed by atoms with Gasteiger partial charge in [-0.3, -0.25) is 4.79 Å². The Labute approximate surface area is 111 Å². The number of H-pyrrole nitrogens is 1. The number of aromatic carboxylic acids is 1. The molecule has 0 spiro atoms. The normalized spacial score (nSPS) is 10.8. The maximum Gasteiger partial charge on any atom is 0.341 e. The minimum absolute atomic E-state index is 0.116. The summed E-state index contributed by atoms with van der Waals surface area (Å²) < 4.78 is 0. The van der Waals surface area contributed by atoms with Crippen LogP contribution in [0.3, 0.4) is 0 Å². The van der Waals surface area contributed by atoms with Crippen LogP contribution in [-0.4, -0.2) is 16.1 Å². The highest BCUT2D eigenvalue weighted by Crippen LogP contribution is 2.14. The van der Waals surface area contributed by atoms with E-state index in [1.807, 2.05) is 6.07 Å². The number of aromatic amines is 1. The molecule has 1 aromatic carbocycles. The fourth-order valence-electron chi connectivity index (χ4n) is 2.25. The molecule has 0 aliphatic heterocycles. The second-order valence-electron chi connectivity index (χ2n) is 4.62. The first-order valence-corrected chi connectivity index (χ1v) is 6.52. The van der Waals surface area contributed by atoms with Crippen LogP contribution in [-0.2, 0) is 6.42 Å². The molecule has 0 atom stereocenters. The first-order chi connectivity index (χ1) is 9.15. The highest BCUT2D eigenvalue weighted by atomic mass is 16.4. The van der Waals surface area contributed by atoms with Gasteiger partial charge >= 0.3 is 5.97 Å². The lowest BCUT2D eigenvalue weighted by atomic mass is 10.0. The molecular formula is C15H17NO3. The Kier molecular flexibility index (Phi) is 4.00. The standard InChI is InChI=1S/C15H17NO3/c1-2-3-4-9-12-13(15(18)19)14(17)10-7-5-6-8-11(10)16-12/h5-8H,2-4,9H2,1H3,(H,16,17)(H,18,19). The lowest BCUT2D eigenvalue weighted by Crippen LogP contribution is -2.19. The summed E-state index contributed by atoms with van der Waals surface area (Å²) in [6.07, 6.45) is 3.55. The third-order valence-electron chi connectivity index (χ3n) is 3.23. The first kappa shape index (κ1) is 13.3. The average molecular weight is 259 g/mol. The van der Waals surface area contributed by atoms with Crippen molar-refractivity contribution in [2.45, 2.75) is 32.6 Å². The number of carboxylic acids is 1. The molecule has 0 saturated carbocycles. The number of aryl methyl sites for hydroxylation is 1. The van der Waals surface area contributed by atoms with Crippen molar-refractivity contribution in [3.8, 4) is 0 Å². The highest BCUT2D eigenvalue weighted by molar-refractivity contribution is 5.93. The monoisotopic (exact) mass is 259 g/mol. The number of nitrogens with one attached hydrogen (secondary N) is 1. The molecule has 0 saturated heterocycles. The summed E-state index contributed by atoms with van der Waals surface area (Å²) in [6.45, 7) is 2.08. The van der Waals surface area contributed by atoms with Crippen molar-refractivity contribution in [2.75, 3.05) is 0 Å². The minimum Gasteiger partial charge on any atom is -0.477 e. The molecule has 4 heteroatoms. The Morgan fingerprint density at radius 1 is 1.26 bits per heavy atom. The zero-order valence-corrected chi connectivity index (χ0v) is 10.9. The Hall–Kier alpha value is -2.10. The van der Waals surface area contributed by atoms with E-state index in [4.69, 9.17) is 0 Å². The number of carbonyl (C=O) groups is 1. The van der Waals surface area contributed by atoms with E-state index in [2.05, 4.69) is 11.9 Å². The second-order valence-corrected chi connectivity index (χ2v) is 4.62. The van der Waals surface area contributed by atoms with Crippen molar-refractivity contribution in [3.63, 3.8) is 0 Å². The fourth-order valence-corrected chi connectivity index (χ4v) is 2.25. The number of hydrogen-bond acceptors (Lipinski definition) is 2. The molecule has 2 rings (SSSR count). The fraction of sp³-hybridized carbons (Fsp3) is 0.333.